The molecule has 5 nitrogen and oxygen atoms in total. The van der Waals surface area contributed by atoms with Gasteiger partial charge in [-0.25, -0.2) is 0 Å². The van der Waals surface area contributed by atoms with Crippen LogP contribution in [-0.4, -0.2) is 48.1 Å². The second kappa shape index (κ2) is 7.27. The van der Waals surface area contributed by atoms with E-state index in [4.69, 9.17) is 5.11 Å². The highest BCUT2D eigenvalue weighted by Gasteiger charge is 2.22. The zero-order chi connectivity index (χ0) is 12.7. The Balaban J connectivity index is 2.41. The Morgan fingerprint density at radius 1 is 1.53 bits per heavy atom. The van der Waals surface area contributed by atoms with Crippen molar-refractivity contribution in [2.75, 3.05) is 26.2 Å². The van der Waals surface area contributed by atoms with Crippen molar-refractivity contribution in [3.63, 3.8) is 0 Å². The van der Waals surface area contributed by atoms with E-state index >= 15 is 0 Å². The summed E-state index contributed by atoms with van der Waals surface area (Å²) in [5, 5.41) is 11.2. The van der Waals surface area contributed by atoms with Gasteiger partial charge in [-0.1, -0.05) is 13.3 Å². The minimum Gasteiger partial charge on any atom is -0.395 e. The number of amides is 2. The highest BCUT2D eigenvalue weighted by atomic mass is 16.3. The molecule has 1 aliphatic heterocycles. The molecule has 1 rings (SSSR count). The molecule has 2 N–H and O–H groups in total. The molecule has 0 aromatic carbocycles. The zero-order valence-electron chi connectivity index (χ0n) is 10.4. The Morgan fingerprint density at radius 3 is 2.94 bits per heavy atom. The van der Waals surface area contributed by atoms with Crippen LogP contribution in [0.25, 0.3) is 0 Å². The lowest BCUT2D eigenvalue weighted by Crippen LogP contribution is -2.41. The lowest BCUT2D eigenvalue weighted by atomic mass is 9.98. The average Bonchev–Trinajstić information content (AvgIpc) is 2.50. The molecule has 0 radical (unpaired) electrons. The van der Waals surface area contributed by atoms with E-state index in [-0.39, 0.29) is 31.5 Å². The molecule has 17 heavy (non-hydrogen) atoms. The van der Waals surface area contributed by atoms with Crippen molar-refractivity contribution in [2.24, 2.45) is 5.92 Å². The van der Waals surface area contributed by atoms with Crippen molar-refractivity contribution in [2.45, 2.75) is 32.6 Å². The van der Waals surface area contributed by atoms with Gasteiger partial charge in [-0.2, -0.15) is 0 Å². The van der Waals surface area contributed by atoms with E-state index in [9.17, 15) is 9.59 Å². The number of hydrogen-bond acceptors (Lipinski definition) is 3. The fraction of sp³-hybridized carbons (Fsp3) is 0.833. The molecule has 1 fully saturated rings. The summed E-state index contributed by atoms with van der Waals surface area (Å²) in [6.45, 7) is 3.11. The normalized spacial score (nSPS) is 21.2. The van der Waals surface area contributed by atoms with Crippen molar-refractivity contribution in [3.05, 3.63) is 0 Å². The smallest absolute Gasteiger partial charge is 0.239 e. The number of aliphatic hydroxyl groups excluding tert-OH is 1. The maximum absolute atomic E-state index is 11.8. The number of hydrogen-bond donors (Lipinski definition) is 2. The van der Waals surface area contributed by atoms with Crippen molar-refractivity contribution < 1.29 is 14.7 Å². The molecular formula is C12H22N2O3. The van der Waals surface area contributed by atoms with Crippen molar-refractivity contribution in [1.29, 1.82) is 0 Å². The van der Waals surface area contributed by atoms with Gasteiger partial charge in [-0.3, -0.25) is 9.59 Å². The Bertz CT molecular complexity index is 268. The average molecular weight is 242 g/mol. The summed E-state index contributed by atoms with van der Waals surface area (Å²) in [5.74, 6) is 0.479. The fourth-order valence-corrected chi connectivity index (χ4v) is 2.09. The van der Waals surface area contributed by atoms with Gasteiger partial charge >= 0.3 is 0 Å². The van der Waals surface area contributed by atoms with E-state index < -0.39 is 0 Å². The van der Waals surface area contributed by atoms with Gasteiger partial charge < -0.3 is 15.3 Å². The molecule has 0 spiro atoms. The molecule has 1 aliphatic rings. The Morgan fingerprint density at radius 2 is 2.29 bits per heavy atom. The second-order valence-corrected chi connectivity index (χ2v) is 4.49. The first-order valence-electron chi connectivity index (χ1n) is 6.32. The number of carbonyl (C=O) groups excluding carboxylic acids is 2. The van der Waals surface area contributed by atoms with E-state index in [1.807, 2.05) is 0 Å². The molecule has 0 aromatic rings. The van der Waals surface area contributed by atoms with Crippen LogP contribution >= 0.6 is 0 Å². The van der Waals surface area contributed by atoms with Crippen LogP contribution in [-0.2, 0) is 9.59 Å². The summed E-state index contributed by atoms with van der Waals surface area (Å²) in [6, 6.07) is 0. The number of likely N-dealkylation sites (tertiary alicyclic amines) is 1. The van der Waals surface area contributed by atoms with Crippen molar-refractivity contribution in [3.8, 4) is 0 Å². The highest BCUT2D eigenvalue weighted by Crippen LogP contribution is 2.20. The zero-order valence-corrected chi connectivity index (χ0v) is 10.4. The standard InChI is InChI=1S/C12H22N2O3/c1-2-10-3-4-12(17)14(7-5-10)9-11(16)13-6-8-15/h10,15H,2-9H2,1H3,(H,13,16). The number of nitrogens with one attached hydrogen (secondary N) is 1. The lowest BCUT2D eigenvalue weighted by Gasteiger charge is -2.20. The van der Waals surface area contributed by atoms with Crippen molar-refractivity contribution in [1.82, 2.24) is 10.2 Å². The third kappa shape index (κ3) is 4.73. The quantitative estimate of drug-likeness (QED) is 0.720. The number of rotatable bonds is 5. The number of aliphatic hydroxyl groups is 1. The van der Waals surface area contributed by atoms with Gasteiger partial charge in [-0.05, 0) is 18.8 Å². The number of nitrogens with zero attached hydrogens (tertiary/aromatic N) is 1. The predicted molar refractivity (Wildman–Crippen MR) is 64.3 cm³/mol. The summed E-state index contributed by atoms with van der Waals surface area (Å²) in [4.78, 5) is 24.9. The van der Waals surface area contributed by atoms with E-state index in [0.29, 0.717) is 18.9 Å². The van der Waals surface area contributed by atoms with Gasteiger partial charge in [0.05, 0.1) is 13.2 Å². The largest absolute Gasteiger partial charge is 0.395 e. The SMILES string of the molecule is CCC1CCC(=O)N(CC(=O)NCCO)CC1. The van der Waals surface area contributed by atoms with Gasteiger partial charge in [0.15, 0.2) is 0 Å². The first-order chi connectivity index (χ1) is 8.17. The third-order valence-corrected chi connectivity index (χ3v) is 3.27. The molecule has 0 aromatic heterocycles. The van der Waals surface area contributed by atoms with Crippen LogP contribution in [0.15, 0.2) is 0 Å². The maximum atomic E-state index is 11.8. The molecule has 5 heteroatoms. The Hall–Kier alpha value is -1.10. The van der Waals surface area contributed by atoms with E-state index in [1.165, 1.54) is 0 Å². The van der Waals surface area contributed by atoms with E-state index in [0.717, 1.165) is 19.3 Å². The minimum absolute atomic E-state index is 0.0695. The molecule has 1 atom stereocenters. The fourth-order valence-electron chi connectivity index (χ4n) is 2.09. The number of carbonyl (C=O) groups is 2. The van der Waals surface area contributed by atoms with Crippen LogP contribution in [0.4, 0.5) is 0 Å². The molecule has 1 saturated heterocycles. The minimum atomic E-state index is -0.192. The topological polar surface area (TPSA) is 69.6 Å². The van der Waals surface area contributed by atoms with Crippen molar-refractivity contribution >= 4 is 11.8 Å². The highest BCUT2D eigenvalue weighted by molar-refractivity contribution is 5.84. The van der Waals surface area contributed by atoms with Gasteiger partial charge in [0.25, 0.3) is 0 Å². The summed E-state index contributed by atoms with van der Waals surface area (Å²) in [5.41, 5.74) is 0. The summed E-state index contributed by atoms with van der Waals surface area (Å²) >= 11 is 0. The van der Waals surface area contributed by atoms with E-state index in [1.54, 1.807) is 4.90 Å². The summed E-state index contributed by atoms with van der Waals surface area (Å²) in [7, 11) is 0. The molecule has 0 aliphatic carbocycles. The molecule has 1 unspecified atom stereocenters. The lowest BCUT2D eigenvalue weighted by molar-refractivity contribution is -0.135. The summed E-state index contributed by atoms with van der Waals surface area (Å²) in [6.07, 6.45) is 3.56. The first-order valence-corrected chi connectivity index (χ1v) is 6.32. The molecule has 0 saturated carbocycles. The van der Waals surface area contributed by atoms with Gasteiger partial charge in [0.2, 0.25) is 11.8 Å². The van der Waals surface area contributed by atoms with Gasteiger partial charge in [0.1, 0.15) is 0 Å². The first kappa shape index (κ1) is 14.0. The Labute approximate surface area is 102 Å². The predicted octanol–water partition coefficient (Wildman–Crippen LogP) is 0.134. The molecule has 98 valence electrons. The van der Waals surface area contributed by atoms with E-state index in [2.05, 4.69) is 12.2 Å². The van der Waals surface area contributed by atoms with Crippen LogP contribution in [0.3, 0.4) is 0 Å². The third-order valence-electron chi connectivity index (χ3n) is 3.27. The molecule has 0 bridgehead atoms. The second-order valence-electron chi connectivity index (χ2n) is 4.49. The Kier molecular flexibility index (Phi) is 5.97. The molecular weight excluding hydrogens is 220 g/mol. The monoisotopic (exact) mass is 242 g/mol. The van der Waals surface area contributed by atoms with Crippen LogP contribution in [0.1, 0.15) is 32.6 Å². The van der Waals surface area contributed by atoms with Crippen LogP contribution in [0.2, 0.25) is 0 Å². The molecule has 2 amide bonds. The summed E-state index contributed by atoms with van der Waals surface area (Å²) < 4.78 is 0. The van der Waals surface area contributed by atoms with Gasteiger partial charge in [-0.15, -0.1) is 0 Å². The maximum Gasteiger partial charge on any atom is 0.239 e. The van der Waals surface area contributed by atoms with Gasteiger partial charge in [0, 0.05) is 19.5 Å². The van der Waals surface area contributed by atoms with Crippen LogP contribution in [0, 0.1) is 5.92 Å². The van der Waals surface area contributed by atoms with Crippen LogP contribution < -0.4 is 5.32 Å². The van der Waals surface area contributed by atoms with Crippen LogP contribution in [0.5, 0.6) is 0 Å². The molecule has 1 heterocycles.